The molecule has 0 radical (unpaired) electrons. The molecule has 1 heterocycles. The van der Waals surface area contributed by atoms with Crippen molar-refractivity contribution in [2.24, 2.45) is 0 Å². The van der Waals surface area contributed by atoms with Crippen molar-refractivity contribution >= 4 is 29.1 Å². The van der Waals surface area contributed by atoms with Gasteiger partial charge in [0, 0.05) is 17.0 Å². The molecule has 1 aromatic carbocycles. The van der Waals surface area contributed by atoms with E-state index >= 15 is 0 Å². The minimum atomic E-state index is -4.33. The van der Waals surface area contributed by atoms with Crippen LogP contribution in [0, 0.1) is 0 Å². The molecule has 2 unspecified atom stereocenters. The zero-order valence-corrected chi connectivity index (χ0v) is 11.3. The first kappa shape index (κ1) is 13.9. The second-order valence-electron chi connectivity index (χ2n) is 4.41. The summed E-state index contributed by atoms with van der Waals surface area (Å²) in [6.07, 6.45) is -3.39. The van der Waals surface area contributed by atoms with Crippen LogP contribution in [0.4, 0.5) is 18.9 Å². The highest BCUT2D eigenvalue weighted by Gasteiger charge is 2.31. The van der Waals surface area contributed by atoms with Crippen LogP contribution in [-0.4, -0.2) is 17.0 Å². The fourth-order valence-corrected chi connectivity index (χ4v) is 3.27. The van der Waals surface area contributed by atoms with Crippen molar-refractivity contribution in [3.05, 3.63) is 28.8 Å². The fourth-order valence-electron chi connectivity index (χ4n) is 1.95. The van der Waals surface area contributed by atoms with E-state index < -0.39 is 11.7 Å². The molecule has 18 heavy (non-hydrogen) atoms. The van der Waals surface area contributed by atoms with E-state index in [1.807, 2.05) is 11.8 Å². The summed E-state index contributed by atoms with van der Waals surface area (Å²) in [5, 5.41) is 3.96. The molecule has 0 saturated carbocycles. The lowest BCUT2D eigenvalue weighted by Gasteiger charge is -2.16. The molecule has 1 aromatic rings. The van der Waals surface area contributed by atoms with Crippen molar-refractivity contribution < 1.29 is 13.2 Å². The largest absolute Gasteiger partial charge is 0.416 e. The fraction of sp³-hybridized carbons (Fsp3) is 0.500. The van der Waals surface area contributed by atoms with E-state index in [2.05, 4.69) is 12.2 Å². The predicted molar refractivity (Wildman–Crippen MR) is 70.4 cm³/mol. The Hall–Kier alpha value is -0.550. The van der Waals surface area contributed by atoms with Crippen molar-refractivity contribution in [2.45, 2.75) is 30.8 Å². The molecular formula is C12H13ClF3NS. The zero-order chi connectivity index (χ0) is 13.3. The summed E-state index contributed by atoms with van der Waals surface area (Å²) in [5.41, 5.74) is -0.306. The van der Waals surface area contributed by atoms with Crippen molar-refractivity contribution in [3.63, 3.8) is 0 Å². The van der Waals surface area contributed by atoms with Gasteiger partial charge in [-0.25, -0.2) is 0 Å². The molecule has 0 aromatic heterocycles. The monoisotopic (exact) mass is 295 g/mol. The molecule has 2 rings (SSSR count). The van der Waals surface area contributed by atoms with Gasteiger partial charge in [0.25, 0.3) is 0 Å². The molecule has 1 saturated heterocycles. The van der Waals surface area contributed by atoms with E-state index in [0.29, 0.717) is 16.0 Å². The number of alkyl halides is 3. The Morgan fingerprint density at radius 1 is 1.39 bits per heavy atom. The minimum Gasteiger partial charge on any atom is -0.380 e. The SMILES string of the molecule is CC1CC(Nc2cc(C(F)(F)F)ccc2Cl)CS1. The summed E-state index contributed by atoms with van der Waals surface area (Å²) < 4.78 is 37.8. The Morgan fingerprint density at radius 3 is 2.67 bits per heavy atom. The number of halogens is 4. The predicted octanol–water partition coefficient (Wildman–Crippen LogP) is 4.66. The van der Waals surface area contributed by atoms with Gasteiger partial charge in [0.15, 0.2) is 0 Å². The van der Waals surface area contributed by atoms with Gasteiger partial charge in [-0.15, -0.1) is 0 Å². The molecular weight excluding hydrogens is 283 g/mol. The quantitative estimate of drug-likeness (QED) is 0.851. The summed E-state index contributed by atoms with van der Waals surface area (Å²) >= 11 is 7.74. The first-order valence-electron chi connectivity index (χ1n) is 5.61. The van der Waals surface area contributed by atoms with Gasteiger partial charge in [-0.1, -0.05) is 18.5 Å². The van der Waals surface area contributed by atoms with Crippen LogP contribution < -0.4 is 5.32 Å². The van der Waals surface area contributed by atoms with Gasteiger partial charge < -0.3 is 5.32 Å². The second kappa shape index (κ2) is 5.21. The molecule has 2 atom stereocenters. The first-order chi connectivity index (χ1) is 8.36. The number of hydrogen-bond acceptors (Lipinski definition) is 2. The standard InChI is InChI=1S/C12H13ClF3NS/c1-7-4-9(6-18-7)17-11-5-8(12(14,15)16)2-3-10(11)13/h2-3,5,7,9,17H,4,6H2,1H3. The van der Waals surface area contributed by atoms with Gasteiger partial charge in [0.1, 0.15) is 0 Å². The highest BCUT2D eigenvalue weighted by Crippen LogP contribution is 2.35. The average Bonchev–Trinajstić information content (AvgIpc) is 2.66. The van der Waals surface area contributed by atoms with Crippen LogP contribution in [0.25, 0.3) is 0 Å². The van der Waals surface area contributed by atoms with Gasteiger partial charge in [-0.2, -0.15) is 24.9 Å². The lowest BCUT2D eigenvalue weighted by Crippen LogP contribution is -2.19. The highest BCUT2D eigenvalue weighted by atomic mass is 35.5. The third kappa shape index (κ3) is 3.26. The van der Waals surface area contributed by atoms with Gasteiger partial charge in [0.05, 0.1) is 16.3 Å². The van der Waals surface area contributed by atoms with Crippen molar-refractivity contribution in [2.75, 3.05) is 11.1 Å². The summed E-state index contributed by atoms with van der Waals surface area (Å²) in [5.74, 6) is 0.897. The Labute approximate surface area is 113 Å². The maximum absolute atomic E-state index is 12.6. The lowest BCUT2D eigenvalue weighted by molar-refractivity contribution is -0.137. The van der Waals surface area contributed by atoms with Crippen molar-refractivity contribution in [1.82, 2.24) is 0 Å². The Balaban J connectivity index is 2.16. The maximum atomic E-state index is 12.6. The van der Waals surface area contributed by atoms with E-state index in [0.717, 1.165) is 24.3 Å². The molecule has 100 valence electrons. The molecule has 1 aliphatic heterocycles. The van der Waals surface area contributed by atoms with Crippen LogP contribution in [0.15, 0.2) is 18.2 Å². The number of benzene rings is 1. The average molecular weight is 296 g/mol. The van der Waals surface area contributed by atoms with Gasteiger partial charge in [-0.05, 0) is 24.6 Å². The van der Waals surface area contributed by atoms with Crippen LogP contribution in [0.3, 0.4) is 0 Å². The highest BCUT2D eigenvalue weighted by molar-refractivity contribution is 8.00. The summed E-state index contributed by atoms with van der Waals surface area (Å²) in [7, 11) is 0. The second-order valence-corrected chi connectivity index (χ2v) is 6.29. The Kier molecular flexibility index (Phi) is 4.02. The topological polar surface area (TPSA) is 12.0 Å². The molecule has 0 aliphatic carbocycles. The van der Waals surface area contributed by atoms with Gasteiger partial charge in [0.2, 0.25) is 0 Å². The third-order valence-electron chi connectivity index (χ3n) is 2.85. The molecule has 0 spiro atoms. The van der Waals surface area contributed by atoms with Crippen LogP contribution in [0.5, 0.6) is 0 Å². The number of anilines is 1. The summed E-state index contributed by atoms with van der Waals surface area (Å²) in [6.45, 7) is 2.11. The Morgan fingerprint density at radius 2 is 2.11 bits per heavy atom. The molecule has 1 N–H and O–H groups in total. The van der Waals surface area contributed by atoms with E-state index in [1.165, 1.54) is 6.07 Å². The van der Waals surface area contributed by atoms with Crippen LogP contribution in [-0.2, 0) is 6.18 Å². The molecule has 1 aliphatic rings. The molecule has 0 amide bonds. The number of hydrogen-bond donors (Lipinski definition) is 1. The van der Waals surface area contributed by atoms with Gasteiger partial charge >= 0.3 is 6.18 Å². The smallest absolute Gasteiger partial charge is 0.380 e. The van der Waals surface area contributed by atoms with E-state index in [9.17, 15) is 13.2 Å². The number of thioether (sulfide) groups is 1. The zero-order valence-electron chi connectivity index (χ0n) is 9.72. The van der Waals surface area contributed by atoms with Crippen LogP contribution in [0.2, 0.25) is 5.02 Å². The molecule has 1 nitrogen and oxygen atoms in total. The van der Waals surface area contributed by atoms with Crippen molar-refractivity contribution in [1.29, 1.82) is 0 Å². The summed E-state index contributed by atoms with van der Waals surface area (Å²) in [6, 6.07) is 3.55. The molecule has 6 heteroatoms. The van der Waals surface area contributed by atoms with Gasteiger partial charge in [-0.3, -0.25) is 0 Å². The number of nitrogens with one attached hydrogen (secondary N) is 1. The van der Waals surface area contributed by atoms with Crippen LogP contribution in [0.1, 0.15) is 18.9 Å². The van der Waals surface area contributed by atoms with Crippen LogP contribution >= 0.6 is 23.4 Å². The van der Waals surface area contributed by atoms with E-state index in [1.54, 1.807) is 0 Å². The minimum absolute atomic E-state index is 0.186. The van der Waals surface area contributed by atoms with Crippen molar-refractivity contribution in [3.8, 4) is 0 Å². The first-order valence-corrected chi connectivity index (χ1v) is 7.04. The Bertz CT molecular complexity index is 436. The van der Waals surface area contributed by atoms with E-state index in [-0.39, 0.29) is 6.04 Å². The third-order valence-corrected chi connectivity index (χ3v) is 4.54. The lowest BCUT2D eigenvalue weighted by atomic mass is 10.1. The summed E-state index contributed by atoms with van der Waals surface area (Å²) in [4.78, 5) is 0. The van der Waals surface area contributed by atoms with E-state index in [4.69, 9.17) is 11.6 Å². The maximum Gasteiger partial charge on any atom is 0.416 e. The normalized spacial score (nSPS) is 24.3. The molecule has 1 fully saturated rings. The number of rotatable bonds is 2. The molecule has 0 bridgehead atoms.